The van der Waals surface area contributed by atoms with E-state index in [4.69, 9.17) is 11.6 Å². The van der Waals surface area contributed by atoms with Gasteiger partial charge in [0.15, 0.2) is 0 Å². The standard InChI is InChI=1S/C11H10Br2ClNO/c12-5-7-3-11(16)15(6-7)10-4-8(13)1-2-9(10)14/h1-2,4,7H,3,5-6H2. The Morgan fingerprint density at radius 1 is 1.50 bits per heavy atom. The Morgan fingerprint density at radius 3 is 2.88 bits per heavy atom. The summed E-state index contributed by atoms with van der Waals surface area (Å²) in [5.74, 6) is 0.520. The van der Waals surface area contributed by atoms with Crippen LogP contribution in [-0.2, 0) is 4.79 Å². The van der Waals surface area contributed by atoms with Crippen LogP contribution in [0.25, 0.3) is 0 Å². The van der Waals surface area contributed by atoms with Gasteiger partial charge in [-0.3, -0.25) is 4.79 Å². The smallest absolute Gasteiger partial charge is 0.227 e. The first-order valence-electron chi connectivity index (χ1n) is 4.93. The molecular weight excluding hydrogens is 357 g/mol. The molecule has 1 aliphatic heterocycles. The molecule has 1 aromatic carbocycles. The molecule has 0 saturated carbocycles. The van der Waals surface area contributed by atoms with Crippen molar-refractivity contribution in [1.29, 1.82) is 0 Å². The summed E-state index contributed by atoms with van der Waals surface area (Å²) in [6.45, 7) is 0.736. The van der Waals surface area contributed by atoms with Gasteiger partial charge in [-0.1, -0.05) is 43.5 Å². The molecule has 0 bridgehead atoms. The van der Waals surface area contributed by atoms with Crippen molar-refractivity contribution in [2.75, 3.05) is 16.8 Å². The van der Waals surface area contributed by atoms with Crippen molar-refractivity contribution in [3.05, 3.63) is 27.7 Å². The van der Waals surface area contributed by atoms with Gasteiger partial charge in [-0.25, -0.2) is 0 Å². The minimum absolute atomic E-state index is 0.143. The number of anilines is 1. The van der Waals surface area contributed by atoms with Crippen LogP contribution < -0.4 is 4.90 Å². The lowest BCUT2D eigenvalue weighted by Crippen LogP contribution is -2.24. The minimum atomic E-state index is 0.143. The molecule has 1 atom stereocenters. The summed E-state index contributed by atoms with van der Waals surface area (Å²) in [5, 5.41) is 1.47. The monoisotopic (exact) mass is 365 g/mol. The molecule has 1 aromatic rings. The van der Waals surface area contributed by atoms with Crippen LogP contribution in [0.15, 0.2) is 22.7 Å². The number of amides is 1. The third-order valence-electron chi connectivity index (χ3n) is 2.62. The van der Waals surface area contributed by atoms with Crippen LogP contribution in [0.4, 0.5) is 5.69 Å². The third-order valence-corrected chi connectivity index (χ3v) is 4.35. The van der Waals surface area contributed by atoms with Gasteiger partial charge < -0.3 is 4.90 Å². The largest absolute Gasteiger partial charge is 0.311 e. The molecular formula is C11H10Br2ClNO. The maximum absolute atomic E-state index is 11.8. The van der Waals surface area contributed by atoms with Gasteiger partial charge in [0, 0.05) is 22.8 Å². The lowest BCUT2D eigenvalue weighted by atomic mass is 10.2. The Kier molecular flexibility index (Phi) is 3.93. The Hall–Kier alpha value is -0.0600. The Balaban J connectivity index is 2.30. The average molecular weight is 367 g/mol. The number of hydrogen-bond donors (Lipinski definition) is 0. The highest BCUT2D eigenvalue weighted by Gasteiger charge is 2.30. The first-order valence-corrected chi connectivity index (χ1v) is 7.22. The molecule has 1 aliphatic rings. The summed E-state index contributed by atoms with van der Waals surface area (Å²) in [6.07, 6.45) is 0.591. The molecule has 1 unspecified atom stereocenters. The van der Waals surface area contributed by atoms with Crippen LogP contribution >= 0.6 is 43.5 Å². The summed E-state index contributed by atoms with van der Waals surface area (Å²) in [4.78, 5) is 13.6. The summed E-state index contributed by atoms with van der Waals surface area (Å²) in [6, 6.07) is 5.56. The fourth-order valence-corrected chi connectivity index (χ4v) is 2.81. The van der Waals surface area contributed by atoms with E-state index in [0.29, 0.717) is 17.4 Å². The number of benzene rings is 1. The summed E-state index contributed by atoms with van der Waals surface area (Å²) >= 11 is 12.9. The van der Waals surface area contributed by atoms with Crippen molar-refractivity contribution >= 4 is 55.1 Å². The van der Waals surface area contributed by atoms with Crippen molar-refractivity contribution in [3.8, 4) is 0 Å². The van der Waals surface area contributed by atoms with Gasteiger partial charge in [-0.2, -0.15) is 0 Å². The van der Waals surface area contributed by atoms with E-state index in [9.17, 15) is 4.79 Å². The highest BCUT2D eigenvalue weighted by molar-refractivity contribution is 9.10. The fourth-order valence-electron chi connectivity index (χ4n) is 1.81. The van der Waals surface area contributed by atoms with E-state index < -0.39 is 0 Å². The number of hydrogen-bond acceptors (Lipinski definition) is 1. The molecule has 1 amide bonds. The van der Waals surface area contributed by atoms with Crippen molar-refractivity contribution in [2.24, 2.45) is 5.92 Å². The first-order chi connectivity index (χ1) is 7.61. The number of halogens is 3. The number of alkyl halides is 1. The molecule has 2 nitrogen and oxygen atoms in total. The summed E-state index contributed by atoms with van der Waals surface area (Å²) in [7, 11) is 0. The topological polar surface area (TPSA) is 20.3 Å². The quantitative estimate of drug-likeness (QED) is 0.727. The molecule has 2 rings (SSSR count). The molecule has 86 valence electrons. The molecule has 0 aromatic heterocycles. The first kappa shape index (κ1) is 12.4. The molecule has 0 spiro atoms. The van der Waals surface area contributed by atoms with E-state index in [1.54, 1.807) is 11.0 Å². The van der Waals surface area contributed by atoms with Crippen molar-refractivity contribution < 1.29 is 4.79 Å². The Morgan fingerprint density at radius 2 is 2.25 bits per heavy atom. The SMILES string of the molecule is O=C1CC(CBr)CN1c1cc(Br)ccc1Cl. The van der Waals surface area contributed by atoms with Crippen LogP contribution in [0.2, 0.25) is 5.02 Å². The minimum Gasteiger partial charge on any atom is -0.311 e. The van der Waals surface area contributed by atoms with Crippen molar-refractivity contribution in [3.63, 3.8) is 0 Å². The van der Waals surface area contributed by atoms with Crippen molar-refractivity contribution in [2.45, 2.75) is 6.42 Å². The second-order valence-electron chi connectivity index (χ2n) is 3.82. The molecule has 16 heavy (non-hydrogen) atoms. The van der Waals surface area contributed by atoms with Crippen molar-refractivity contribution in [1.82, 2.24) is 0 Å². The fraction of sp³-hybridized carbons (Fsp3) is 0.364. The lowest BCUT2D eigenvalue weighted by Gasteiger charge is -2.18. The molecule has 0 radical (unpaired) electrons. The lowest BCUT2D eigenvalue weighted by molar-refractivity contribution is -0.117. The molecule has 1 heterocycles. The zero-order valence-electron chi connectivity index (χ0n) is 8.42. The summed E-state index contributed by atoms with van der Waals surface area (Å²) in [5.41, 5.74) is 0.796. The highest BCUT2D eigenvalue weighted by Crippen LogP contribution is 2.33. The van der Waals surface area contributed by atoms with E-state index in [1.165, 1.54) is 0 Å². The van der Waals surface area contributed by atoms with Gasteiger partial charge in [0.1, 0.15) is 0 Å². The highest BCUT2D eigenvalue weighted by atomic mass is 79.9. The normalized spacial score (nSPS) is 20.6. The maximum Gasteiger partial charge on any atom is 0.227 e. The van der Waals surface area contributed by atoms with Crippen LogP contribution in [0.1, 0.15) is 6.42 Å². The zero-order valence-corrected chi connectivity index (χ0v) is 12.3. The maximum atomic E-state index is 11.8. The van der Waals surface area contributed by atoms with E-state index in [1.807, 2.05) is 12.1 Å². The molecule has 1 saturated heterocycles. The number of carbonyl (C=O) groups is 1. The molecule has 0 N–H and O–H groups in total. The number of carbonyl (C=O) groups excluding carboxylic acids is 1. The van der Waals surface area contributed by atoms with Gasteiger partial charge in [0.25, 0.3) is 0 Å². The van der Waals surface area contributed by atoms with Gasteiger partial charge in [-0.05, 0) is 24.1 Å². The van der Waals surface area contributed by atoms with Gasteiger partial charge in [-0.15, -0.1) is 0 Å². The predicted octanol–water partition coefficient (Wildman–Crippen LogP) is 3.85. The van der Waals surface area contributed by atoms with Gasteiger partial charge >= 0.3 is 0 Å². The third kappa shape index (κ3) is 2.44. The molecule has 1 fully saturated rings. The van der Waals surface area contributed by atoms with Crippen LogP contribution in [0, 0.1) is 5.92 Å². The van der Waals surface area contributed by atoms with Gasteiger partial charge in [0.2, 0.25) is 5.91 Å². The second kappa shape index (κ2) is 5.07. The second-order valence-corrected chi connectivity index (χ2v) is 5.79. The Bertz CT molecular complexity index is 424. The molecule has 0 aliphatic carbocycles. The van der Waals surface area contributed by atoms with Crippen LogP contribution in [-0.4, -0.2) is 17.8 Å². The predicted molar refractivity (Wildman–Crippen MR) is 73.4 cm³/mol. The van der Waals surface area contributed by atoms with E-state index in [-0.39, 0.29) is 5.91 Å². The Labute approximate surface area is 116 Å². The number of nitrogens with zero attached hydrogens (tertiary/aromatic N) is 1. The van der Waals surface area contributed by atoms with Gasteiger partial charge in [0.05, 0.1) is 10.7 Å². The number of rotatable bonds is 2. The zero-order chi connectivity index (χ0) is 11.7. The van der Waals surface area contributed by atoms with E-state index in [2.05, 4.69) is 31.9 Å². The van der Waals surface area contributed by atoms with Crippen LogP contribution in [0.5, 0.6) is 0 Å². The van der Waals surface area contributed by atoms with Crippen LogP contribution in [0.3, 0.4) is 0 Å². The van der Waals surface area contributed by atoms with E-state index >= 15 is 0 Å². The summed E-state index contributed by atoms with van der Waals surface area (Å²) < 4.78 is 0.932. The molecule has 5 heteroatoms. The average Bonchev–Trinajstić information content (AvgIpc) is 2.63. The van der Waals surface area contributed by atoms with E-state index in [0.717, 1.165) is 22.0 Å².